The van der Waals surface area contributed by atoms with E-state index in [4.69, 9.17) is 11.0 Å². The van der Waals surface area contributed by atoms with Crippen molar-refractivity contribution in [1.29, 1.82) is 5.26 Å². The first kappa shape index (κ1) is 14.5. The summed E-state index contributed by atoms with van der Waals surface area (Å²) in [4.78, 5) is 0.410. The second-order valence-electron chi connectivity index (χ2n) is 4.77. The maximum absolute atomic E-state index is 12.6. The molecule has 7 heteroatoms. The summed E-state index contributed by atoms with van der Waals surface area (Å²) in [5, 5.41) is 8.80. The molecule has 0 radical (unpaired) electrons. The normalized spacial score (nSPS) is 22.9. The molecule has 1 fully saturated rings. The molecule has 0 amide bonds. The van der Waals surface area contributed by atoms with Crippen molar-refractivity contribution < 1.29 is 8.42 Å². The van der Waals surface area contributed by atoms with Gasteiger partial charge in [-0.1, -0.05) is 6.42 Å². The van der Waals surface area contributed by atoms with Gasteiger partial charge in [0, 0.05) is 18.6 Å². The predicted molar refractivity (Wildman–Crippen MR) is 74.2 cm³/mol. The average molecular weight is 299 g/mol. The molecule has 1 saturated heterocycles. The SMILES string of the molecule is CC(N)C1CCCCN1S(=O)(=O)c1ccc(C#N)s1. The first-order valence-electron chi connectivity index (χ1n) is 6.24. The fraction of sp³-hybridized carbons (Fsp3) is 0.583. The Kier molecular flexibility index (Phi) is 4.26. The monoisotopic (exact) mass is 299 g/mol. The van der Waals surface area contributed by atoms with Crippen LogP contribution in [0.3, 0.4) is 0 Å². The summed E-state index contributed by atoms with van der Waals surface area (Å²) in [6.45, 7) is 2.35. The standard InChI is InChI=1S/C12H17N3O2S2/c1-9(14)11-4-2-3-7-15(11)19(16,17)12-6-5-10(8-13)18-12/h5-6,9,11H,2-4,7,14H2,1H3. The molecule has 1 aliphatic rings. The summed E-state index contributed by atoms with van der Waals surface area (Å²) in [6.07, 6.45) is 2.67. The van der Waals surface area contributed by atoms with Gasteiger partial charge in [0.1, 0.15) is 15.2 Å². The van der Waals surface area contributed by atoms with Crippen LogP contribution in [0, 0.1) is 11.3 Å². The average Bonchev–Trinajstić information content (AvgIpc) is 2.88. The minimum absolute atomic E-state index is 0.147. The van der Waals surface area contributed by atoms with Crippen LogP contribution in [0.15, 0.2) is 16.3 Å². The Labute approximate surface area is 117 Å². The smallest absolute Gasteiger partial charge is 0.252 e. The zero-order chi connectivity index (χ0) is 14.0. The van der Waals surface area contributed by atoms with E-state index in [2.05, 4.69) is 0 Å². The lowest BCUT2D eigenvalue weighted by atomic mass is 10.00. The van der Waals surface area contributed by atoms with Crippen molar-refractivity contribution in [2.75, 3.05) is 6.54 Å². The highest BCUT2D eigenvalue weighted by Gasteiger charge is 2.36. The van der Waals surface area contributed by atoms with Gasteiger partial charge >= 0.3 is 0 Å². The molecule has 2 rings (SSSR count). The third-order valence-corrected chi connectivity index (χ3v) is 6.74. The summed E-state index contributed by atoms with van der Waals surface area (Å²) in [5.74, 6) is 0. The summed E-state index contributed by atoms with van der Waals surface area (Å²) in [5.41, 5.74) is 5.91. The van der Waals surface area contributed by atoms with Gasteiger partial charge in [0.2, 0.25) is 0 Å². The molecule has 2 heterocycles. The fourth-order valence-corrected chi connectivity index (χ4v) is 5.40. The number of nitriles is 1. The van der Waals surface area contributed by atoms with E-state index in [-0.39, 0.29) is 16.3 Å². The molecule has 104 valence electrons. The lowest BCUT2D eigenvalue weighted by molar-refractivity contribution is 0.227. The molecule has 2 atom stereocenters. The van der Waals surface area contributed by atoms with E-state index in [1.807, 2.05) is 13.0 Å². The van der Waals surface area contributed by atoms with Crippen LogP contribution in [-0.4, -0.2) is 31.4 Å². The Bertz CT molecular complexity index is 586. The van der Waals surface area contributed by atoms with Crippen molar-refractivity contribution in [2.24, 2.45) is 5.73 Å². The molecule has 0 aliphatic carbocycles. The van der Waals surface area contributed by atoms with Gasteiger partial charge in [-0.15, -0.1) is 11.3 Å². The Morgan fingerprint density at radius 2 is 2.26 bits per heavy atom. The lowest BCUT2D eigenvalue weighted by Crippen LogP contribution is -2.51. The highest BCUT2D eigenvalue weighted by atomic mass is 32.2. The highest BCUT2D eigenvalue weighted by Crippen LogP contribution is 2.30. The Hall–Kier alpha value is -0.940. The number of piperidine rings is 1. The van der Waals surface area contributed by atoms with Gasteiger partial charge in [-0.05, 0) is 31.9 Å². The molecule has 0 bridgehead atoms. The maximum atomic E-state index is 12.6. The number of hydrogen-bond acceptors (Lipinski definition) is 5. The number of nitrogens with zero attached hydrogens (tertiary/aromatic N) is 2. The van der Waals surface area contributed by atoms with E-state index >= 15 is 0 Å². The largest absolute Gasteiger partial charge is 0.326 e. The van der Waals surface area contributed by atoms with Crippen molar-refractivity contribution >= 4 is 21.4 Å². The molecular formula is C12H17N3O2S2. The molecule has 0 spiro atoms. The summed E-state index contributed by atoms with van der Waals surface area (Å²) in [6, 6.07) is 4.68. The topological polar surface area (TPSA) is 87.2 Å². The Balaban J connectivity index is 2.34. The van der Waals surface area contributed by atoms with Gasteiger partial charge < -0.3 is 5.73 Å². The molecule has 19 heavy (non-hydrogen) atoms. The van der Waals surface area contributed by atoms with Crippen molar-refractivity contribution in [3.8, 4) is 6.07 Å². The van der Waals surface area contributed by atoms with Crippen molar-refractivity contribution in [3.63, 3.8) is 0 Å². The first-order chi connectivity index (χ1) is 8.96. The minimum atomic E-state index is -3.52. The number of sulfonamides is 1. The van der Waals surface area contributed by atoms with E-state index in [9.17, 15) is 8.42 Å². The molecule has 0 aromatic carbocycles. The molecule has 1 aromatic rings. The molecule has 1 aromatic heterocycles. The third-order valence-electron chi connectivity index (χ3n) is 3.36. The summed E-state index contributed by atoms with van der Waals surface area (Å²) >= 11 is 1.02. The molecule has 2 N–H and O–H groups in total. The Morgan fingerprint density at radius 1 is 1.53 bits per heavy atom. The number of thiophene rings is 1. The molecule has 5 nitrogen and oxygen atoms in total. The van der Waals surface area contributed by atoms with Gasteiger partial charge in [-0.3, -0.25) is 0 Å². The van der Waals surface area contributed by atoms with Crippen LogP contribution in [0.2, 0.25) is 0 Å². The first-order valence-corrected chi connectivity index (χ1v) is 8.50. The zero-order valence-corrected chi connectivity index (χ0v) is 12.4. The van der Waals surface area contributed by atoms with E-state index < -0.39 is 10.0 Å². The van der Waals surface area contributed by atoms with E-state index in [0.717, 1.165) is 30.6 Å². The van der Waals surface area contributed by atoms with Gasteiger partial charge in [0.15, 0.2) is 0 Å². The highest BCUT2D eigenvalue weighted by molar-refractivity contribution is 7.91. The molecule has 0 saturated carbocycles. The van der Waals surface area contributed by atoms with Crippen LogP contribution < -0.4 is 5.73 Å². The van der Waals surface area contributed by atoms with Crippen LogP contribution in [0.1, 0.15) is 31.1 Å². The number of nitrogens with two attached hydrogens (primary N) is 1. The van der Waals surface area contributed by atoms with Gasteiger partial charge in [-0.2, -0.15) is 9.57 Å². The van der Waals surface area contributed by atoms with Crippen molar-refractivity contribution in [2.45, 2.75) is 42.5 Å². The maximum Gasteiger partial charge on any atom is 0.252 e. The molecule has 2 unspecified atom stereocenters. The van der Waals surface area contributed by atoms with E-state index in [1.54, 1.807) is 6.07 Å². The van der Waals surface area contributed by atoms with E-state index in [1.165, 1.54) is 10.4 Å². The summed E-state index contributed by atoms with van der Waals surface area (Å²) < 4.78 is 26.9. The number of rotatable bonds is 3. The van der Waals surface area contributed by atoms with Crippen LogP contribution in [0.5, 0.6) is 0 Å². The van der Waals surface area contributed by atoms with Gasteiger partial charge in [0.05, 0.1) is 0 Å². The zero-order valence-electron chi connectivity index (χ0n) is 10.7. The van der Waals surface area contributed by atoms with E-state index in [0.29, 0.717) is 11.4 Å². The van der Waals surface area contributed by atoms with Gasteiger partial charge in [-0.25, -0.2) is 8.42 Å². The van der Waals surface area contributed by atoms with Crippen LogP contribution in [0.25, 0.3) is 0 Å². The van der Waals surface area contributed by atoms with Crippen LogP contribution in [-0.2, 0) is 10.0 Å². The third kappa shape index (κ3) is 2.82. The summed E-state index contributed by atoms with van der Waals surface area (Å²) in [7, 11) is -3.52. The van der Waals surface area contributed by atoms with Crippen molar-refractivity contribution in [1.82, 2.24) is 4.31 Å². The van der Waals surface area contributed by atoms with Crippen molar-refractivity contribution in [3.05, 3.63) is 17.0 Å². The lowest BCUT2D eigenvalue weighted by Gasteiger charge is -2.36. The van der Waals surface area contributed by atoms with Gasteiger partial charge in [0.25, 0.3) is 10.0 Å². The minimum Gasteiger partial charge on any atom is -0.326 e. The second-order valence-corrected chi connectivity index (χ2v) is 7.97. The van der Waals surface area contributed by atoms with Crippen LogP contribution in [0.4, 0.5) is 0 Å². The molecule has 1 aliphatic heterocycles. The quantitative estimate of drug-likeness (QED) is 0.916. The Morgan fingerprint density at radius 3 is 2.84 bits per heavy atom. The predicted octanol–water partition coefficient (Wildman–Crippen LogP) is 1.51. The second kappa shape index (κ2) is 5.59. The van der Waals surface area contributed by atoms with Crippen LogP contribution >= 0.6 is 11.3 Å². The molecular weight excluding hydrogens is 282 g/mol. The number of hydrogen-bond donors (Lipinski definition) is 1. The fourth-order valence-electron chi connectivity index (χ4n) is 2.39.